The van der Waals surface area contributed by atoms with E-state index in [-0.39, 0.29) is 23.8 Å². The molecule has 2 aliphatic rings. The highest BCUT2D eigenvalue weighted by Crippen LogP contribution is 2.30. The quantitative estimate of drug-likeness (QED) is 0.885. The third-order valence-electron chi connectivity index (χ3n) is 4.11. The number of amides is 2. The molecule has 0 spiro atoms. The SMILES string of the molecule is C[C@@H]1CNCCN1C(=O)c1ccc(NC(=O)C2CC2)cc1. The molecule has 0 unspecified atom stereocenters. The Bertz CT molecular complexity index is 537. The average molecular weight is 287 g/mol. The van der Waals surface area contributed by atoms with Crippen LogP contribution in [0.2, 0.25) is 0 Å². The van der Waals surface area contributed by atoms with Crippen LogP contribution in [-0.4, -0.2) is 42.4 Å². The van der Waals surface area contributed by atoms with Gasteiger partial charge in [0.2, 0.25) is 5.91 Å². The summed E-state index contributed by atoms with van der Waals surface area (Å²) < 4.78 is 0. The largest absolute Gasteiger partial charge is 0.333 e. The molecule has 1 aromatic carbocycles. The van der Waals surface area contributed by atoms with Crippen molar-refractivity contribution in [3.63, 3.8) is 0 Å². The van der Waals surface area contributed by atoms with Crippen molar-refractivity contribution in [3.05, 3.63) is 29.8 Å². The molecule has 0 bridgehead atoms. The number of nitrogens with one attached hydrogen (secondary N) is 2. The molecule has 0 aromatic heterocycles. The highest BCUT2D eigenvalue weighted by atomic mass is 16.2. The van der Waals surface area contributed by atoms with Crippen molar-refractivity contribution < 1.29 is 9.59 Å². The molecule has 1 aliphatic heterocycles. The van der Waals surface area contributed by atoms with E-state index in [1.165, 1.54) is 0 Å². The molecule has 2 fully saturated rings. The second kappa shape index (κ2) is 5.85. The summed E-state index contributed by atoms with van der Waals surface area (Å²) in [5, 5.41) is 6.16. The van der Waals surface area contributed by atoms with E-state index in [0.29, 0.717) is 5.56 Å². The van der Waals surface area contributed by atoms with Gasteiger partial charge in [0.15, 0.2) is 0 Å². The van der Waals surface area contributed by atoms with Gasteiger partial charge in [-0.1, -0.05) is 0 Å². The molecule has 0 radical (unpaired) electrons. The van der Waals surface area contributed by atoms with Crippen molar-refractivity contribution in [1.82, 2.24) is 10.2 Å². The van der Waals surface area contributed by atoms with Gasteiger partial charge in [0, 0.05) is 42.8 Å². The van der Waals surface area contributed by atoms with Gasteiger partial charge in [-0.3, -0.25) is 9.59 Å². The molecule has 3 rings (SSSR count). The number of hydrogen-bond donors (Lipinski definition) is 2. The molecule has 1 heterocycles. The molecule has 1 atom stereocenters. The first-order chi connectivity index (χ1) is 10.1. The molecule has 21 heavy (non-hydrogen) atoms. The topological polar surface area (TPSA) is 61.4 Å². The van der Waals surface area contributed by atoms with Gasteiger partial charge in [0.05, 0.1) is 0 Å². The normalized spacial score (nSPS) is 22.0. The molecule has 5 heteroatoms. The predicted octanol–water partition coefficient (Wildman–Crippen LogP) is 1.47. The Labute approximate surface area is 124 Å². The summed E-state index contributed by atoms with van der Waals surface area (Å²) >= 11 is 0. The third kappa shape index (κ3) is 3.24. The first-order valence-electron chi connectivity index (χ1n) is 7.58. The van der Waals surface area contributed by atoms with Crippen LogP contribution in [0.4, 0.5) is 5.69 Å². The van der Waals surface area contributed by atoms with Gasteiger partial charge in [-0.15, -0.1) is 0 Å². The number of carbonyl (C=O) groups is 2. The van der Waals surface area contributed by atoms with Crippen LogP contribution in [0.1, 0.15) is 30.1 Å². The maximum Gasteiger partial charge on any atom is 0.254 e. The van der Waals surface area contributed by atoms with Crippen LogP contribution in [0.15, 0.2) is 24.3 Å². The summed E-state index contributed by atoms with van der Waals surface area (Å²) in [7, 11) is 0. The number of carbonyl (C=O) groups excluding carboxylic acids is 2. The van der Waals surface area contributed by atoms with Gasteiger partial charge in [-0.05, 0) is 44.0 Å². The van der Waals surface area contributed by atoms with Gasteiger partial charge in [-0.25, -0.2) is 0 Å². The number of nitrogens with zero attached hydrogens (tertiary/aromatic N) is 1. The molecule has 2 amide bonds. The lowest BCUT2D eigenvalue weighted by atomic mass is 10.1. The van der Waals surface area contributed by atoms with Crippen LogP contribution < -0.4 is 10.6 Å². The highest BCUT2D eigenvalue weighted by molar-refractivity contribution is 5.97. The summed E-state index contributed by atoms with van der Waals surface area (Å²) in [5.74, 6) is 0.335. The predicted molar refractivity (Wildman–Crippen MR) is 81.2 cm³/mol. The van der Waals surface area contributed by atoms with E-state index in [0.717, 1.165) is 38.2 Å². The lowest BCUT2D eigenvalue weighted by Gasteiger charge is -2.34. The smallest absolute Gasteiger partial charge is 0.254 e. The van der Waals surface area contributed by atoms with Crippen LogP contribution in [0.25, 0.3) is 0 Å². The van der Waals surface area contributed by atoms with Gasteiger partial charge < -0.3 is 15.5 Å². The van der Waals surface area contributed by atoms with E-state index in [1.807, 2.05) is 11.8 Å². The Hall–Kier alpha value is -1.88. The van der Waals surface area contributed by atoms with E-state index in [2.05, 4.69) is 10.6 Å². The number of hydrogen-bond acceptors (Lipinski definition) is 3. The fourth-order valence-electron chi connectivity index (χ4n) is 2.59. The van der Waals surface area contributed by atoms with Crippen LogP contribution in [0.3, 0.4) is 0 Å². The van der Waals surface area contributed by atoms with Crippen molar-refractivity contribution in [2.75, 3.05) is 25.0 Å². The van der Waals surface area contributed by atoms with Crippen molar-refractivity contribution in [2.45, 2.75) is 25.8 Å². The molecule has 1 aromatic rings. The molecule has 1 saturated heterocycles. The van der Waals surface area contributed by atoms with Crippen molar-refractivity contribution in [3.8, 4) is 0 Å². The fraction of sp³-hybridized carbons (Fsp3) is 0.500. The Kier molecular flexibility index (Phi) is 3.92. The molecular formula is C16H21N3O2. The average Bonchev–Trinajstić information content (AvgIpc) is 3.32. The van der Waals surface area contributed by atoms with Gasteiger partial charge >= 0.3 is 0 Å². The fourth-order valence-corrected chi connectivity index (χ4v) is 2.59. The minimum absolute atomic E-state index is 0.0593. The van der Waals surface area contributed by atoms with E-state index >= 15 is 0 Å². The number of piperazine rings is 1. The zero-order valence-electron chi connectivity index (χ0n) is 12.3. The molecule has 2 N–H and O–H groups in total. The maximum atomic E-state index is 12.5. The van der Waals surface area contributed by atoms with Crippen molar-refractivity contribution >= 4 is 17.5 Å². The summed E-state index contributed by atoms with van der Waals surface area (Å²) in [5.41, 5.74) is 1.44. The molecule has 5 nitrogen and oxygen atoms in total. The lowest BCUT2D eigenvalue weighted by Crippen LogP contribution is -2.52. The monoisotopic (exact) mass is 287 g/mol. The first-order valence-corrected chi connectivity index (χ1v) is 7.58. The highest BCUT2D eigenvalue weighted by Gasteiger charge is 2.29. The van der Waals surface area contributed by atoms with Crippen molar-refractivity contribution in [2.24, 2.45) is 5.92 Å². The van der Waals surface area contributed by atoms with Gasteiger partial charge in [-0.2, -0.15) is 0 Å². The molecular weight excluding hydrogens is 266 g/mol. The Morgan fingerprint density at radius 1 is 1.24 bits per heavy atom. The summed E-state index contributed by atoms with van der Waals surface area (Å²) in [6.07, 6.45) is 1.98. The first kappa shape index (κ1) is 14.1. The van der Waals surface area contributed by atoms with E-state index in [9.17, 15) is 9.59 Å². The number of benzene rings is 1. The summed E-state index contributed by atoms with van der Waals surface area (Å²) in [4.78, 5) is 26.1. The second-order valence-corrected chi connectivity index (χ2v) is 5.89. The number of anilines is 1. The zero-order chi connectivity index (χ0) is 14.8. The molecule has 1 aliphatic carbocycles. The Balaban J connectivity index is 1.65. The third-order valence-corrected chi connectivity index (χ3v) is 4.11. The van der Waals surface area contributed by atoms with Gasteiger partial charge in [0.1, 0.15) is 0 Å². The maximum absolute atomic E-state index is 12.5. The standard InChI is InChI=1S/C16H21N3O2/c1-11-10-17-8-9-19(11)16(21)13-4-6-14(7-5-13)18-15(20)12-2-3-12/h4-7,11-12,17H,2-3,8-10H2,1H3,(H,18,20)/t11-/m1/s1. The minimum Gasteiger partial charge on any atom is -0.333 e. The van der Waals surface area contributed by atoms with Crippen molar-refractivity contribution in [1.29, 1.82) is 0 Å². The lowest BCUT2D eigenvalue weighted by molar-refractivity contribution is -0.117. The van der Waals surface area contributed by atoms with E-state index in [1.54, 1.807) is 24.3 Å². The Morgan fingerprint density at radius 2 is 1.95 bits per heavy atom. The van der Waals surface area contributed by atoms with Crippen LogP contribution in [-0.2, 0) is 4.79 Å². The number of rotatable bonds is 3. The Morgan fingerprint density at radius 3 is 2.57 bits per heavy atom. The van der Waals surface area contributed by atoms with Crippen LogP contribution in [0, 0.1) is 5.92 Å². The minimum atomic E-state index is 0.0593. The zero-order valence-corrected chi connectivity index (χ0v) is 12.3. The van der Waals surface area contributed by atoms with E-state index < -0.39 is 0 Å². The summed E-state index contributed by atoms with van der Waals surface area (Å²) in [6, 6.07) is 7.40. The second-order valence-electron chi connectivity index (χ2n) is 5.89. The van der Waals surface area contributed by atoms with Crippen LogP contribution in [0.5, 0.6) is 0 Å². The van der Waals surface area contributed by atoms with Crippen LogP contribution >= 0.6 is 0 Å². The molecule has 1 saturated carbocycles. The van der Waals surface area contributed by atoms with Gasteiger partial charge in [0.25, 0.3) is 5.91 Å². The molecule has 112 valence electrons. The van der Waals surface area contributed by atoms with E-state index in [4.69, 9.17) is 0 Å². The summed E-state index contributed by atoms with van der Waals surface area (Å²) in [6.45, 7) is 4.46.